The zero-order valence-corrected chi connectivity index (χ0v) is 20.8. The van der Waals surface area contributed by atoms with Gasteiger partial charge in [0.15, 0.2) is 0 Å². The van der Waals surface area contributed by atoms with Gasteiger partial charge >= 0.3 is 0 Å². The molecule has 1 aliphatic rings. The van der Waals surface area contributed by atoms with Gasteiger partial charge in [0.25, 0.3) is 0 Å². The number of hydrogen-bond donors (Lipinski definition) is 4. The zero-order chi connectivity index (χ0) is 25.3. The van der Waals surface area contributed by atoms with Crippen LogP contribution in [0.15, 0.2) is 54.6 Å². The largest absolute Gasteiger partial charge is 0.357 e. The summed E-state index contributed by atoms with van der Waals surface area (Å²) < 4.78 is 13.1. The standard InChI is InChI=1S/C27H34FN7O/c1-18(20-6-4-3-5-7-20)16-31-26-33-25(29-2)34-27(35-26)32-23-14-10-21(11-15-23)24(36)30-17-19-8-12-22(28)13-9-19/h3-9,12-13,18,21,23H,10-11,14-17H2,1-2H3,(H,30,36)(H3,29,31,32,33,34,35). The Morgan fingerprint density at radius 1 is 0.944 bits per heavy atom. The average molecular weight is 492 g/mol. The van der Waals surface area contributed by atoms with Crippen molar-refractivity contribution < 1.29 is 9.18 Å². The molecule has 1 aliphatic carbocycles. The minimum atomic E-state index is -0.277. The minimum Gasteiger partial charge on any atom is -0.357 e. The van der Waals surface area contributed by atoms with Crippen LogP contribution in [0.5, 0.6) is 0 Å². The molecule has 1 atom stereocenters. The third-order valence-corrected chi connectivity index (χ3v) is 6.61. The highest BCUT2D eigenvalue weighted by molar-refractivity contribution is 5.78. The fourth-order valence-corrected chi connectivity index (χ4v) is 4.39. The van der Waals surface area contributed by atoms with Gasteiger partial charge in [-0.25, -0.2) is 4.39 Å². The second-order valence-electron chi connectivity index (χ2n) is 9.29. The van der Waals surface area contributed by atoms with Gasteiger partial charge in [0.1, 0.15) is 5.82 Å². The number of nitrogens with zero attached hydrogens (tertiary/aromatic N) is 3. The molecule has 2 aromatic carbocycles. The van der Waals surface area contributed by atoms with Crippen molar-refractivity contribution in [1.29, 1.82) is 0 Å². The molecule has 3 aromatic rings. The molecule has 0 bridgehead atoms. The van der Waals surface area contributed by atoms with Crippen LogP contribution in [0, 0.1) is 11.7 Å². The second kappa shape index (κ2) is 12.3. The maximum atomic E-state index is 13.1. The summed E-state index contributed by atoms with van der Waals surface area (Å²) in [4.78, 5) is 26.1. The molecule has 1 fully saturated rings. The maximum Gasteiger partial charge on any atom is 0.229 e. The first-order valence-corrected chi connectivity index (χ1v) is 12.5. The summed E-state index contributed by atoms with van der Waals surface area (Å²) in [6.07, 6.45) is 3.28. The fraction of sp³-hybridized carbons (Fsp3) is 0.407. The van der Waals surface area contributed by atoms with Crippen molar-refractivity contribution >= 4 is 23.8 Å². The number of carbonyl (C=O) groups is 1. The van der Waals surface area contributed by atoms with Crippen LogP contribution >= 0.6 is 0 Å². The first-order valence-electron chi connectivity index (χ1n) is 12.5. The first kappa shape index (κ1) is 25.3. The van der Waals surface area contributed by atoms with E-state index in [0.717, 1.165) is 31.2 Å². The second-order valence-corrected chi connectivity index (χ2v) is 9.29. The molecule has 1 aromatic heterocycles. The van der Waals surface area contributed by atoms with Crippen molar-refractivity contribution in [1.82, 2.24) is 20.3 Å². The van der Waals surface area contributed by atoms with Gasteiger partial charge in [-0.2, -0.15) is 15.0 Å². The van der Waals surface area contributed by atoms with Crippen LogP contribution in [0.1, 0.15) is 49.7 Å². The van der Waals surface area contributed by atoms with Gasteiger partial charge in [-0.15, -0.1) is 0 Å². The molecular weight excluding hydrogens is 457 g/mol. The molecule has 1 amide bonds. The van der Waals surface area contributed by atoms with Crippen LogP contribution in [-0.4, -0.2) is 40.5 Å². The molecule has 4 N–H and O–H groups in total. The van der Waals surface area contributed by atoms with E-state index in [-0.39, 0.29) is 23.7 Å². The molecule has 0 radical (unpaired) electrons. The van der Waals surface area contributed by atoms with E-state index in [1.807, 2.05) is 18.2 Å². The highest BCUT2D eigenvalue weighted by Crippen LogP contribution is 2.27. The van der Waals surface area contributed by atoms with Gasteiger partial charge in [0, 0.05) is 32.1 Å². The molecule has 1 unspecified atom stereocenters. The summed E-state index contributed by atoms with van der Waals surface area (Å²) >= 11 is 0. The molecule has 1 heterocycles. The number of aromatic nitrogens is 3. The van der Waals surface area contributed by atoms with Gasteiger partial charge in [0.2, 0.25) is 23.8 Å². The Balaban J connectivity index is 1.27. The van der Waals surface area contributed by atoms with Gasteiger partial charge in [-0.3, -0.25) is 4.79 Å². The van der Waals surface area contributed by atoms with E-state index < -0.39 is 0 Å². The highest BCUT2D eigenvalue weighted by atomic mass is 19.1. The van der Waals surface area contributed by atoms with Crippen molar-refractivity contribution in [3.63, 3.8) is 0 Å². The number of amides is 1. The van der Waals surface area contributed by atoms with Gasteiger partial charge < -0.3 is 21.3 Å². The lowest BCUT2D eigenvalue weighted by Crippen LogP contribution is -2.36. The van der Waals surface area contributed by atoms with E-state index in [1.54, 1.807) is 19.2 Å². The Kier molecular flexibility index (Phi) is 8.65. The molecule has 4 rings (SSSR count). The summed E-state index contributed by atoms with van der Waals surface area (Å²) in [6.45, 7) is 3.28. The SMILES string of the molecule is CNc1nc(NCC(C)c2ccccc2)nc(NC2CCC(C(=O)NCc3ccc(F)cc3)CC2)n1. The Hall–Kier alpha value is -3.75. The molecule has 0 aliphatic heterocycles. The van der Waals surface area contributed by atoms with Crippen molar-refractivity contribution in [2.24, 2.45) is 5.92 Å². The molecule has 36 heavy (non-hydrogen) atoms. The van der Waals surface area contributed by atoms with Crippen LogP contribution in [0.4, 0.5) is 22.2 Å². The Morgan fingerprint density at radius 2 is 1.61 bits per heavy atom. The number of hydrogen-bond acceptors (Lipinski definition) is 7. The van der Waals surface area contributed by atoms with Crippen LogP contribution in [0.2, 0.25) is 0 Å². The van der Waals surface area contributed by atoms with E-state index >= 15 is 0 Å². The number of carbonyl (C=O) groups excluding carboxylic acids is 1. The lowest BCUT2D eigenvalue weighted by molar-refractivity contribution is -0.126. The quantitative estimate of drug-likeness (QED) is 0.330. The highest BCUT2D eigenvalue weighted by Gasteiger charge is 2.26. The molecular formula is C27H34FN7O. The van der Waals surface area contributed by atoms with Crippen molar-refractivity contribution in [3.05, 3.63) is 71.5 Å². The Labute approximate surface area is 211 Å². The molecule has 9 heteroatoms. The van der Waals surface area contributed by atoms with Crippen LogP contribution in [0.3, 0.4) is 0 Å². The van der Waals surface area contributed by atoms with E-state index in [4.69, 9.17) is 0 Å². The lowest BCUT2D eigenvalue weighted by atomic mass is 9.85. The van der Waals surface area contributed by atoms with Crippen LogP contribution in [0.25, 0.3) is 0 Å². The third-order valence-electron chi connectivity index (χ3n) is 6.61. The third kappa shape index (κ3) is 7.13. The number of nitrogens with one attached hydrogen (secondary N) is 4. The van der Waals surface area contributed by atoms with E-state index in [9.17, 15) is 9.18 Å². The lowest BCUT2D eigenvalue weighted by Gasteiger charge is -2.28. The average Bonchev–Trinajstić information content (AvgIpc) is 2.92. The summed E-state index contributed by atoms with van der Waals surface area (Å²) in [7, 11) is 1.78. The van der Waals surface area contributed by atoms with Crippen molar-refractivity contribution in [2.75, 3.05) is 29.5 Å². The van der Waals surface area contributed by atoms with E-state index in [1.165, 1.54) is 17.7 Å². The predicted octanol–water partition coefficient (Wildman–Crippen LogP) is 4.56. The van der Waals surface area contributed by atoms with Crippen LogP contribution in [-0.2, 0) is 11.3 Å². The molecule has 190 valence electrons. The maximum absolute atomic E-state index is 13.1. The van der Waals surface area contributed by atoms with Crippen molar-refractivity contribution in [3.8, 4) is 0 Å². The summed E-state index contributed by atoms with van der Waals surface area (Å²) in [6, 6.07) is 16.7. The molecule has 0 saturated heterocycles. The predicted molar refractivity (Wildman–Crippen MR) is 140 cm³/mol. The smallest absolute Gasteiger partial charge is 0.229 e. The minimum absolute atomic E-state index is 0.0218. The monoisotopic (exact) mass is 491 g/mol. The topological polar surface area (TPSA) is 104 Å². The summed E-state index contributed by atoms with van der Waals surface area (Å²) in [5.41, 5.74) is 2.14. The first-order chi connectivity index (χ1) is 17.5. The number of halogens is 1. The van der Waals surface area contributed by atoms with Crippen LogP contribution < -0.4 is 21.3 Å². The summed E-state index contributed by atoms with van der Waals surface area (Å²) in [5.74, 6) is 1.60. The normalized spacial score (nSPS) is 18.2. The fourth-order valence-electron chi connectivity index (χ4n) is 4.39. The zero-order valence-electron chi connectivity index (χ0n) is 20.8. The number of rotatable bonds is 10. The number of anilines is 3. The number of benzene rings is 2. The van der Waals surface area contributed by atoms with Crippen molar-refractivity contribution in [2.45, 2.75) is 51.1 Å². The summed E-state index contributed by atoms with van der Waals surface area (Å²) in [5, 5.41) is 12.7. The van der Waals surface area contributed by atoms with E-state index in [2.05, 4.69) is 55.3 Å². The molecule has 8 nitrogen and oxygen atoms in total. The van der Waals surface area contributed by atoms with Gasteiger partial charge in [0.05, 0.1) is 0 Å². The van der Waals surface area contributed by atoms with E-state index in [0.29, 0.717) is 36.9 Å². The molecule has 1 saturated carbocycles. The van der Waals surface area contributed by atoms with Gasteiger partial charge in [-0.05, 0) is 54.9 Å². The van der Waals surface area contributed by atoms with Gasteiger partial charge in [-0.1, -0.05) is 49.4 Å². The Morgan fingerprint density at radius 3 is 2.31 bits per heavy atom. The molecule has 0 spiro atoms. The Bertz CT molecular complexity index is 1120.